The summed E-state index contributed by atoms with van der Waals surface area (Å²) in [5.41, 5.74) is 0. The summed E-state index contributed by atoms with van der Waals surface area (Å²) >= 11 is 1.33. The Labute approximate surface area is 110 Å². The SMILES string of the molecule is O=C(O)C(Cn1ccnc1-c1cccs1)C(F)(F)F. The first kappa shape index (κ1) is 13.6. The van der Waals surface area contributed by atoms with Gasteiger partial charge in [-0.1, -0.05) is 6.07 Å². The van der Waals surface area contributed by atoms with Crippen LogP contribution in [-0.4, -0.2) is 26.8 Å². The Hall–Kier alpha value is -1.83. The second-order valence-corrected chi connectivity index (χ2v) is 4.76. The van der Waals surface area contributed by atoms with E-state index in [1.807, 2.05) is 0 Å². The van der Waals surface area contributed by atoms with Gasteiger partial charge in [-0.3, -0.25) is 4.79 Å². The molecule has 0 aliphatic rings. The molecule has 1 atom stereocenters. The lowest BCUT2D eigenvalue weighted by Crippen LogP contribution is -2.34. The Bertz CT molecular complexity index is 563. The molecule has 0 saturated heterocycles. The molecule has 2 aromatic rings. The predicted octanol–water partition coefficient (Wildman–Crippen LogP) is 2.87. The van der Waals surface area contributed by atoms with Gasteiger partial charge in [0, 0.05) is 18.9 Å². The van der Waals surface area contributed by atoms with E-state index in [2.05, 4.69) is 4.98 Å². The predicted molar refractivity (Wildman–Crippen MR) is 62.7 cm³/mol. The molecule has 0 fully saturated rings. The van der Waals surface area contributed by atoms with Crippen molar-refractivity contribution in [3.05, 3.63) is 29.9 Å². The highest BCUT2D eigenvalue weighted by molar-refractivity contribution is 7.13. The van der Waals surface area contributed by atoms with Crippen molar-refractivity contribution in [2.24, 2.45) is 5.92 Å². The van der Waals surface area contributed by atoms with Crippen molar-refractivity contribution in [3.63, 3.8) is 0 Å². The van der Waals surface area contributed by atoms with Crippen LogP contribution in [0, 0.1) is 5.92 Å². The van der Waals surface area contributed by atoms with Gasteiger partial charge >= 0.3 is 12.1 Å². The highest BCUT2D eigenvalue weighted by atomic mass is 32.1. The number of imidazole rings is 1. The topological polar surface area (TPSA) is 55.1 Å². The van der Waals surface area contributed by atoms with Crippen molar-refractivity contribution in [1.29, 1.82) is 0 Å². The van der Waals surface area contributed by atoms with E-state index in [1.165, 1.54) is 28.3 Å². The van der Waals surface area contributed by atoms with E-state index in [0.717, 1.165) is 0 Å². The van der Waals surface area contributed by atoms with Crippen molar-refractivity contribution in [2.75, 3.05) is 0 Å². The number of alkyl halides is 3. The quantitative estimate of drug-likeness (QED) is 0.942. The standard InChI is InChI=1S/C11H9F3N2O2S/c12-11(13,14)7(10(17)18)6-16-4-3-15-9(16)8-2-1-5-19-8/h1-5,7H,6H2,(H,17,18). The molecule has 0 radical (unpaired) electrons. The summed E-state index contributed by atoms with van der Waals surface area (Å²) in [6, 6.07) is 3.46. The van der Waals surface area contributed by atoms with Crippen LogP contribution in [0.25, 0.3) is 10.7 Å². The maximum Gasteiger partial charge on any atom is 0.403 e. The fourth-order valence-electron chi connectivity index (χ4n) is 1.61. The maximum absolute atomic E-state index is 12.6. The first-order chi connectivity index (χ1) is 8.89. The Balaban J connectivity index is 2.29. The molecule has 2 heterocycles. The van der Waals surface area contributed by atoms with E-state index in [-0.39, 0.29) is 0 Å². The lowest BCUT2D eigenvalue weighted by Gasteiger charge is -2.17. The number of carboxylic acids is 1. The minimum atomic E-state index is -4.79. The molecule has 2 rings (SSSR count). The molecule has 0 aliphatic carbocycles. The van der Waals surface area contributed by atoms with Crippen molar-refractivity contribution < 1.29 is 23.1 Å². The Kier molecular flexibility index (Phi) is 3.61. The van der Waals surface area contributed by atoms with Gasteiger partial charge in [-0.25, -0.2) is 4.98 Å². The van der Waals surface area contributed by atoms with Crippen LogP contribution >= 0.6 is 11.3 Å². The zero-order valence-electron chi connectivity index (χ0n) is 9.46. The van der Waals surface area contributed by atoms with E-state index in [1.54, 1.807) is 17.5 Å². The molecule has 19 heavy (non-hydrogen) atoms. The lowest BCUT2D eigenvalue weighted by molar-refractivity contribution is -0.195. The van der Waals surface area contributed by atoms with Crippen LogP contribution in [0.4, 0.5) is 13.2 Å². The Morgan fingerprint density at radius 2 is 2.26 bits per heavy atom. The third kappa shape index (κ3) is 2.95. The van der Waals surface area contributed by atoms with Gasteiger partial charge in [0.2, 0.25) is 0 Å². The van der Waals surface area contributed by atoms with E-state index in [4.69, 9.17) is 5.11 Å². The van der Waals surface area contributed by atoms with Crippen LogP contribution in [-0.2, 0) is 11.3 Å². The third-order valence-corrected chi connectivity index (χ3v) is 3.40. The number of carbonyl (C=O) groups is 1. The van der Waals surface area contributed by atoms with Crippen molar-refractivity contribution in [1.82, 2.24) is 9.55 Å². The van der Waals surface area contributed by atoms with Crippen molar-refractivity contribution in [3.8, 4) is 10.7 Å². The number of hydrogen-bond acceptors (Lipinski definition) is 3. The van der Waals surface area contributed by atoms with Crippen molar-refractivity contribution in [2.45, 2.75) is 12.7 Å². The highest BCUT2D eigenvalue weighted by Gasteiger charge is 2.45. The summed E-state index contributed by atoms with van der Waals surface area (Å²) in [7, 11) is 0. The number of hydrogen-bond donors (Lipinski definition) is 1. The second kappa shape index (κ2) is 5.04. The Morgan fingerprint density at radius 1 is 1.53 bits per heavy atom. The molecule has 8 heteroatoms. The van der Waals surface area contributed by atoms with Crippen LogP contribution in [0.15, 0.2) is 29.9 Å². The molecular weight excluding hydrogens is 281 g/mol. The molecule has 0 bridgehead atoms. The number of nitrogens with zero attached hydrogens (tertiary/aromatic N) is 2. The second-order valence-electron chi connectivity index (χ2n) is 3.81. The molecule has 1 unspecified atom stereocenters. The maximum atomic E-state index is 12.6. The number of thiophene rings is 1. The van der Waals surface area contributed by atoms with Gasteiger partial charge in [-0.05, 0) is 11.4 Å². The van der Waals surface area contributed by atoms with Crippen LogP contribution in [0.1, 0.15) is 0 Å². The normalized spacial score (nSPS) is 13.4. The Morgan fingerprint density at radius 3 is 2.79 bits per heavy atom. The number of halogens is 3. The molecule has 0 saturated carbocycles. The number of aromatic nitrogens is 2. The number of carboxylic acid groups (broad SMARTS) is 1. The minimum Gasteiger partial charge on any atom is -0.481 e. The van der Waals surface area contributed by atoms with Gasteiger partial charge in [-0.2, -0.15) is 13.2 Å². The zero-order chi connectivity index (χ0) is 14.0. The largest absolute Gasteiger partial charge is 0.481 e. The van der Waals surface area contributed by atoms with Gasteiger partial charge in [-0.15, -0.1) is 11.3 Å². The minimum absolute atomic E-state index is 0.338. The van der Waals surface area contributed by atoms with Crippen molar-refractivity contribution >= 4 is 17.3 Å². The molecule has 0 amide bonds. The van der Waals surface area contributed by atoms with Crippen LogP contribution < -0.4 is 0 Å². The average Bonchev–Trinajstić information content (AvgIpc) is 2.94. The van der Waals surface area contributed by atoms with Gasteiger partial charge in [0.15, 0.2) is 5.92 Å². The molecule has 0 aliphatic heterocycles. The summed E-state index contributed by atoms with van der Waals surface area (Å²) in [4.78, 5) is 15.4. The van der Waals surface area contributed by atoms with Gasteiger partial charge in [0.1, 0.15) is 5.82 Å². The van der Waals surface area contributed by atoms with Gasteiger partial charge < -0.3 is 9.67 Å². The summed E-state index contributed by atoms with van der Waals surface area (Å²) in [6.07, 6.45) is -2.09. The fraction of sp³-hybridized carbons (Fsp3) is 0.273. The molecule has 0 spiro atoms. The molecular formula is C11H9F3N2O2S. The summed E-state index contributed by atoms with van der Waals surface area (Å²) in [6.45, 7) is -0.688. The summed E-state index contributed by atoms with van der Waals surface area (Å²) < 4.78 is 39.1. The first-order valence-corrected chi connectivity index (χ1v) is 6.12. The van der Waals surface area contributed by atoms with Crippen LogP contribution in [0.5, 0.6) is 0 Å². The summed E-state index contributed by atoms with van der Waals surface area (Å²) in [5.74, 6) is -4.00. The monoisotopic (exact) mass is 290 g/mol. The zero-order valence-corrected chi connectivity index (χ0v) is 10.3. The first-order valence-electron chi connectivity index (χ1n) is 5.24. The van der Waals surface area contributed by atoms with E-state index in [9.17, 15) is 18.0 Å². The third-order valence-electron chi connectivity index (χ3n) is 2.53. The molecule has 102 valence electrons. The molecule has 4 nitrogen and oxygen atoms in total. The van der Waals surface area contributed by atoms with E-state index < -0.39 is 24.6 Å². The van der Waals surface area contributed by atoms with Gasteiger partial charge in [0.25, 0.3) is 0 Å². The highest BCUT2D eigenvalue weighted by Crippen LogP contribution is 2.30. The molecule has 0 aromatic carbocycles. The summed E-state index contributed by atoms with van der Waals surface area (Å²) in [5, 5.41) is 10.4. The van der Waals surface area contributed by atoms with E-state index in [0.29, 0.717) is 10.7 Å². The van der Waals surface area contributed by atoms with Gasteiger partial charge in [0.05, 0.1) is 4.88 Å². The fourth-order valence-corrected chi connectivity index (χ4v) is 2.34. The number of aliphatic carboxylic acids is 1. The molecule has 1 N–H and O–H groups in total. The smallest absolute Gasteiger partial charge is 0.403 e. The average molecular weight is 290 g/mol. The molecule has 2 aromatic heterocycles. The van der Waals surface area contributed by atoms with Crippen LogP contribution in [0.3, 0.4) is 0 Å². The van der Waals surface area contributed by atoms with E-state index >= 15 is 0 Å². The number of rotatable bonds is 4. The van der Waals surface area contributed by atoms with Crippen LogP contribution in [0.2, 0.25) is 0 Å². The lowest BCUT2D eigenvalue weighted by atomic mass is 10.1.